The Balaban J connectivity index is 1.47. The number of hydrogen-bond acceptors (Lipinski definition) is 2. The van der Waals surface area contributed by atoms with Crippen LogP contribution < -0.4 is 5.32 Å². The number of aromatic nitrogens is 1. The van der Waals surface area contributed by atoms with E-state index in [-0.39, 0.29) is 11.8 Å². The van der Waals surface area contributed by atoms with Crippen LogP contribution in [0.3, 0.4) is 0 Å². The van der Waals surface area contributed by atoms with Crippen molar-refractivity contribution in [1.29, 1.82) is 0 Å². The van der Waals surface area contributed by atoms with Crippen molar-refractivity contribution in [2.75, 3.05) is 13.1 Å². The van der Waals surface area contributed by atoms with Crippen LogP contribution in [0.15, 0.2) is 54.6 Å². The zero-order valence-corrected chi connectivity index (χ0v) is 18.6. The highest BCUT2D eigenvalue weighted by Gasteiger charge is 2.20. The van der Waals surface area contributed by atoms with Gasteiger partial charge in [-0.2, -0.15) is 0 Å². The number of nitrogens with one attached hydrogen (secondary N) is 1. The van der Waals surface area contributed by atoms with Crippen LogP contribution >= 0.6 is 11.6 Å². The average molecular weight is 436 g/mol. The van der Waals surface area contributed by atoms with Crippen molar-refractivity contribution in [3.63, 3.8) is 0 Å². The number of carbonyl (C=O) groups excluding carboxylic acids is 2. The van der Waals surface area contributed by atoms with Gasteiger partial charge in [-0.3, -0.25) is 9.59 Å². The van der Waals surface area contributed by atoms with E-state index in [9.17, 15) is 9.59 Å². The molecule has 31 heavy (non-hydrogen) atoms. The molecule has 0 saturated carbocycles. The van der Waals surface area contributed by atoms with Gasteiger partial charge in [0, 0.05) is 47.3 Å². The summed E-state index contributed by atoms with van der Waals surface area (Å²) in [4.78, 5) is 27.4. The topological polar surface area (TPSA) is 54.3 Å². The molecule has 2 amide bonds. The predicted molar refractivity (Wildman–Crippen MR) is 123 cm³/mol. The summed E-state index contributed by atoms with van der Waals surface area (Å²) in [5.41, 5.74) is 5.03. The number of benzene rings is 2. The highest BCUT2D eigenvalue weighted by molar-refractivity contribution is 6.30. The van der Waals surface area contributed by atoms with Gasteiger partial charge in [0.05, 0.1) is 5.56 Å². The Morgan fingerprint density at radius 3 is 2.42 bits per heavy atom. The second kappa shape index (κ2) is 8.98. The minimum atomic E-state index is -0.135. The lowest BCUT2D eigenvalue weighted by molar-refractivity contribution is 0.0792. The van der Waals surface area contributed by atoms with Crippen LogP contribution in [0, 0.1) is 13.8 Å². The van der Waals surface area contributed by atoms with Gasteiger partial charge in [-0.15, -0.1) is 0 Å². The van der Waals surface area contributed by atoms with Gasteiger partial charge >= 0.3 is 0 Å². The summed E-state index contributed by atoms with van der Waals surface area (Å²) in [6.07, 6.45) is 2.13. The minimum Gasteiger partial charge on any atom is -0.348 e. The third-order valence-electron chi connectivity index (χ3n) is 5.78. The molecule has 160 valence electrons. The summed E-state index contributed by atoms with van der Waals surface area (Å²) >= 11 is 6.00. The number of likely N-dealkylation sites (tertiary alicyclic amines) is 1. The van der Waals surface area contributed by atoms with Gasteiger partial charge < -0.3 is 14.8 Å². The van der Waals surface area contributed by atoms with Crippen LogP contribution in [0.1, 0.15) is 50.5 Å². The van der Waals surface area contributed by atoms with Gasteiger partial charge in [-0.05, 0) is 74.7 Å². The van der Waals surface area contributed by atoms with E-state index in [0.717, 1.165) is 48.6 Å². The number of hydrogen-bond donors (Lipinski definition) is 1. The smallest absolute Gasteiger partial charge is 0.253 e. The van der Waals surface area contributed by atoms with Crippen LogP contribution in [-0.2, 0) is 6.54 Å². The van der Waals surface area contributed by atoms with E-state index < -0.39 is 0 Å². The van der Waals surface area contributed by atoms with Crippen molar-refractivity contribution in [2.45, 2.75) is 33.2 Å². The summed E-state index contributed by atoms with van der Waals surface area (Å²) in [6, 6.07) is 17.0. The average Bonchev–Trinajstić information content (AvgIpc) is 3.41. The zero-order chi connectivity index (χ0) is 22.0. The molecule has 1 aromatic heterocycles. The maximum Gasteiger partial charge on any atom is 0.253 e. The van der Waals surface area contributed by atoms with Crippen molar-refractivity contribution in [3.8, 4) is 5.69 Å². The summed E-state index contributed by atoms with van der Waals surface area (Å²) < 4.78 is 2.04. The molecule has 2 heterocycles. The van der Waals surface area contributed by atoms with Crippen LogP contribution in [0.5, 0.6) is 0 Å². The molecule has 1 N–H and O–H groups in total. The largest absolute Gasteiger partial charge is 0.348 e. The fraction of sp³-hybridized carbons (Fsp3) is 0.280. The van der Waals surface area contributed by atoms with Crippen LogP contribution in [-0.4, -0.2) is 34.4 Å². The number of carbonyl (C=O) groups is 2. The lowest BCUT2D eigenvalue weighted by Gasteiger charge is -2.15. The Bertz CT molecular complexity index is 1110. The molecule has 0 atom stereocenters. The molecule has 0 radical (unpaired) electrons. The fourth-order valence-electron chi connectivity index (χ4n) is 4.17. The Morgan fingerprint density at radius 2 is 1.71 bits per heavy atom. The highest BCUT2D eigenvalue weighted by atomic mass is 35.5. The van der Waals surface area contributed by atoms with E-state index in [2.05, 4.69) is 5.32 Å². The van der Waals surface area contributed by atoms with E-state index in [1.54, 1.807) is 0 Å². The van der Waals surface area contributed by atoms with Gasteiger partial charge in [0.1, 0.15) is 0 Å². The maximum atomic E-state index is 12.9. The quantitative estimate of drug-likeness (QED) is 0.618. The molecule has 6 heteroatoms. The van der Waals surface area contributed by atoms with Crippen molar-refractivity contribution in [3.05, 3.63) is 87.7 Å². The summed E-state index contributed by atoms with van der Waals surface area (Å²) in [5.74, 6) is -0.0678. The molecule has 4 rings (SSSR count). The molecule has 5 nitrogen and oxygen atoms in total. The number of nitrogens with zero attached hydrogens (tertiary/aromatic N) is 2. The number of halogens is 1. The first-order chi connectivity index (χ1) is 14.9. The lowest BCUT2D eigenvalue weighted by atomic mass is 10.1. The van der Waals surface area contributed by atoms with Gasteiger partial charge in [-0.1, -0.05) is 23.7 Å². The molecule has 2 aromatic carbocycles. The van der Waals surface area contributed by atoms with Crippen LogP contribution in [0.2, 0.25) is 5.02 Å². The van der Waals surface area contributed by atoms with Crippen LogP contribution in [0.25, 0.3) is 5.69 Å². The number of amides is 2. The van der Waals surface area contributed by atoms with Crippen molar-refractivity contribution < 1.29 is 9.59 Å². The SMILES string of the molecule is Cc1cc(C(=O)NCc2cccc(C(=O)N3CCCC3)c2)c(C)n1-c1ccc(Cl)cc1. The molecular weight excluding hydrogens is 410 g/mol. The summed E-state index contributed by atoms with van der Waals surface area (Å²) in [5, 5.41) is 3.67. The first kappa shape index (κ1) is 21.2. The molecule has 0 spiro atoms. The van der Waals surface area contributed by atoms with Gasteiger partial charge in [0.2, 0.25) is 0 Å². The molecule has 0 unspecified atom stereocenters. The first-order valence-corrected chi connectivity index (χ1v) is 10.9. The Hall–Kier alpha value is -3.05. The number of aryl methyl sites for hydroxylation is 1. The third-order valence-corrected chi connectivity index (χ3v) is 6.03. The maximum absolute atomic E-state index is 12.9. The Morgan fingerprint density at radius 1 is 1.00 bits per heavy atom. The van der Waals surface area contributed by atoms with E-state index in [4.69, 9.17) is 11.6 Å². The highest BCUT2D eigenvalue weighted by Crippen LogP contribution is 2.22. The molecule has 1 fully saturated rings. The third kappa shape index (κ3) is 4.52. The van der Waals surface area contributed by atoms with Gasteiger partial charge in [-0.25, -0.2) is 0 Å². The Labute approximate surface area is 187 Å². The molecule has 1 aliphatic rings. The van der Waals surface area contributed by atoms with Gasteiger partial charge in [0.25, 0.3) is 11.8 Å². The summed E-state index contributed by atoms with van der Waals surface area (Å²) in [6.45, 7) is 5.92. The van der Waals surface area contributed by atoms with E-state index in [1.807, 2.05) is 77.9 Å². The molecule has 1 saturated heterocycles. The van der Waals surface area contributed by atoms with Crippen molar-refractivity contribution in [1.82, 2.24) is 14.8 Å². The monoisotopic (exact) mass is 435 g/mol. The summed E-state index contributed by atoms with van der Waals surface area (Å²) in [7, 11) is 0. The lowest BCUT2D eigenvalue weighted by Crippen LogP contribution is -2.28. The molecule has 0 bridgehead atoms. The minimum absolute atomic E-state index is 0.0668. The Kier molecular flexibility index (Phi) is 6.14. The van der Waals surface area contributed by atoms with Gasteiger partial charge in [0.15, 0.2) is 0 Å². The van der Waals surface area contributed by atoms with Crippen LogP contribution in [0.4, 0.5) is 0 Å². The second-order valence-electron chi connectivity index (χ2n) is 7.98. The first-order valence-electron chi connectivity index (χ1n) is 10.6. The normalized spacial score (nSPS) is 13.5. The van der Waals surface area contributed by atoms with Crippen molar-refractivity contribution in [2.24, 2.45) is 0 Å². The van der Waals surface area contributed by atoms with E-state index in [1.165, 1.54) is 0 Å². The molecule has 3 aromatic rings. The van der Waals surface area contributed by atoms with E-state index in [0.29, 0.717) is 22.7 Å². The standard InChI is InChI=1S/C25H26ClN3O2/c1-17-14-23(18(2)29(17)22-10-8-21(26)9-11-22)24(30)27-16-19-6-5-7-20(15-19)25(31)28-12-3-4-13-28/h5-11,14-15H,3-4,12-13,16H2,1-2H3,(H,27,30). The second-order valence-corrected chi connectivity index (χ2v) is 8.42. The number of rotatable bonds is 5. The molecular formula is C25H26ClN3O2. The molecule has 1 aliphatic heterocycles. The predicted octanol–water partition coefficient (Wildman–Crippen LogP) is 4.91. The zero-order valence-electron chi connectivity index (χ0n) is 17.8. The van der Waals surface area contributed by atoms with Crippen molar-refractivity contribution >= 4 is 23.4 Å². The fourth-order valence-corrected chi connectivity index (χ4v) is 4.30. The molecule has 0 aliphatic carbocycles. The van der Waals surface area contributed by atoms with E-state index >= 15 is 0 Å².